The Labute approximate surface area is 122 Å². The number of hydrogen-bond donors (Lipinski definition) is 2. The zero-order valence-electron chi connectivity index (χ0n) is 12.0. The Balaban J connectivity index is 1.95. The van der Waals surface area contributed by atoms with E-state index in [1.165, 1.54) is 0 Å². The summed E-state index contributed by atoms with van der Waals surface area (Å²) in [6.45, 7) is 4.10. The van der Waals surface area contributed by atoms with Crippen LogP contribution in [0.5, 0.6) is 0 Å². The molecular weight excluding hydrogens is 270 g/mol. The number of aliphatic hydroxyl groups excluding tert-OH is 1. The first-order valence-corrected chi connectivity index (χ1v) is 7.19. The van der Waals surface area contributed by atoms with Crippen molar-refractivity contribution >= 4 is 11.9 Å². The topological polar surface area (TPSA) is 92.0 Å². The number of rotatable bonds is 4. The molecule has 1 unspecified atom stereocenters. The molecule has 112 valence electrons. The van der Waals surface area contributed by atoms with Crippen molar-refractivity contribution in [3.8, 4) is 5.95 Å². The molecule has 1 aliphatic heterocycles. The van der Waals surface area contributed by atoms with Gasteiger partial charge >= 0.3 is 0 Å². The number of piperidine rings is 1. The Hall–Kier alpha value is -2.22. The molecule has 0 saturated carbocycles. The van der Waals surface area contributed by atoms with E-state index in [2.05, 4.69) is 25.4 Å². The Morgan fingerprint density at radius 1 is 1.33 bits per heavy atom. The molecule has 1 saturated heterocycles. The van der Waals surface area contributed by atoms with Gasteiger partial charge in [0, 0.05) is 32.0 Å². The lowest BCUT2D eigenvalue weighted by Gasteiger charge is -2.30. The molecule has 8 heteroatoms. The summed E-state index contributed by atoms with van der Waals surface area (Å²) >= 11 is 0. The lowest BCUT2D eigenvalue weighted by atomic mass is 10.1. The summed E-state index contributed by atoms with van der Waals surface area (Å²) in [6.07, 6.45) is 4.90. The van der Waals surface area contributed by atoms with E-state index >= 15 is 0 Å². The average molecular weight is 289 g/mol. The maximum Gasteiger partial charge on any atom is 0.257 e. The number of anilines is 2. The van der Waals surface area contributed by atoms with Crippen LogP contribution in [-0.4, -0.2) is 55.6 Å². The monoisotopic (exact) mass is 289 g/mol. The minimum Gasteiger partial charge on any atom is -0.391 e. The first-order chi connectivity index (χ1) is 10.3. The van der Waals surface area contributed by atoms with Crippen LogP contribution < -0.4 is 10.2 Å². The van der Waals surface area contributed by atoms with Crippen molar-refractivity contribution < 1.29 is 5.11 Å². The van der Waals surface area contributed by atoms with Gasteiger partial charge in [0.2, 0.25) is 11.9 Å². The Bertz CT molecular complexity index is 586. The molecule has 3 heterocycles. The summed E-state index contributed by atoms with van der Waals surface area (Å²) < 4.78 is 1.60. The number of β-amino-alcohol motifs (C(OH)–C–C–N with tert-alkyl or cyclic N) is 1. The van der Waals surface area contributed by atoms with Crippen LogP contribution >= 0.6 is 0 Å². The van der Waals surface area contributed by atoms with Gasteiger partial charge in [-0.1, -0.05) is 0 Å². The lowest BCUT2D eigenvalue weighted by molar-refractivity contribution is 0.153. The highest BCUT2D eigenvalue weighted by Crippen LogP contribution is 2.18. The number of hydrogen-bond acceptors (Lipinski definition) is 7. The predicted octanol–water partition coefficient (Wildman–Crippen LogP) is 0.450. The van der Waals surface area contributed by atoms with Crippen LogP contribution in [-0.2, 0) is 0 Å². The van der Waals surface area contributed by atoms with Gasteiger partial charge in [-0.2, -0.15) is 20.1 Å². The van der Waals surface area contributed by atoms with Crippen LogP contribution in [0.1, 0.15) is 19.8 Å². The van der Waals surface area contributed by atoms with Crippen LogP contribution in [0.3, 0.4) is 0 Å². The standard InChI is InChI=1S/C13H19N7O/c1-2-14-11-16-12(19-7-3-5-10(21)9-19)18-13(17-11)20-8-4-6-15-20/h4,6,8,10,21H,2-3,5,7,9H2,1H3,(H,14,16,17,18). The van der Waals surface area contributed by atoms with Crippen LogP contribution in [0.2, 0.25) is 0 Å². The second-order valence-electron chi connectivity index (χ2n) is 4.98. The zero-order chi connectivity index (χ0) is 14.7. The third-order valence-corrected chi connectivity index (χ3v) is 3.34. The number of aromatic nitrogens is 5. The summed E-state index contributed by atoms with van der Waals surface area (Å²) in [7, 11) is 0. The molecular formula is C13H19N7O. The van der Waals surface area contributed by atoms with Crippen molar-refractivity contribution in [2.45, 2.75) is 25.9 Å². The van der Waals surface area contributed by atoms with Crippen molar-refractivity contribution in [3.05, 3.63) is 18.5 Å². The van der Waals surface area contributed by atoms with Gasteiger partial charge in [-0.25, -0.2) is 4.68 Å². The fraction of sp³-hybridized carbons (Fsp3) is 0.538. The SMILES string of the molecule is CCNc1nc(N2CCCC(O)C2)nc(-n2cccn2)n1. The normalized spacial score (nSPS) is 18.8. The van der Waals surface area contributed by atoms with E-state index in [-0.39, 0.29) is 6.10 Å². The Kier molecular flexibility index (Phi) is 3.96. The second kappa shape index (κ2) is 6.04. The molecule has 0 radical (unpaired) electrons. The van der Waals surface area contributed by atoms with E-state index in [9.17, 15) is 5.11 Å². The predicted molar refractivity (Wildman–Crippen MR) is 78.6 cm³/mol. The smallest absolute Gasteiger partial charge is 0.257 e. The van der Waals surface area contributed by atoms with Crippen molar-refractivity contribution in [1.82, 2.24) is 24.7 Å². The Morgan fingerprint density at radius 3 is 2.90 bits per heavy atom. The number of nitrogens with one attached hydrogen (secondary N) is 1. The molecule has 8 nitrogen and oxygen atoms in total. The van der Waals surface area contributed by atoms with Crippen LogP contribution in [0.15, 0.2) is 18.5 Å². The molecule has 2 aromatic heterocycles. The maximum atomic E-state index is 9.82. The molecule has 21 heavy (non-hydrogen) atoms. The van der Waals surface area contributed by atoms with E-state index in [0.29, 0.717) is 24.4 Å². The molecule has 1 aliphatic rings. The van der Waals surface area contributed by atoms with Crippen LogP contribution in [0, 0.1) is 0 Å². The first-order valence-electron chi connectivity index (χ1n) is 7.19. The van der Waals surface area contributed by atoms with Crippen molar-refractivity contribution in [2.24, 2.45) is 0 Å². The molecule has 1 atom stereocenters. The lowest BCUT2D eigenvalue weighted by Crippen LogP contribution is -2.39. The molecule has 0 aromatic carbocycles. The van der Waals surface area contributed by atoms with Gasteiger partial charge < -0.3 is 15.3 Å². The quantitative estimate of drug-likeness (QED) is 0.844. The van der Waals surface area contributed by atoms with Crippen LogP contribution in [0.4, 0.5) is 11.9 Å². The molecule has 0 amide bonds. The van der Waals surface area contributed by atoms with E-state index in [1.807, 2.05) is 17.9 Å². The molecule has 3 rings (SSSR count). The zero-order valence-corrected chi connectivity index (χ0v) is 12.0. The summed E-state index contributed by atoms with van der Waals surface area (Å²) in [5, 5.41) is 17.1. The average Bonchev–Trinajstić information content (AvgIpc) is 3.01. The number of nitrogens with zero attached hydrogens (tertiary/aromatic N) is 6. The van der Waals surface area contributed by atoms with Gasteiger partial charge in [-0.15, -0.1) is 0 Å². The summed E-state index contributed by atoms with van der Waals surface area (Å²) in [4.78, 5) is 15.2. The third kappa shape index (κ3) is 3.10. The number of aliphatic hydroxyl groups is 1. The van der Waals surface area contributed by atoms with Gasteiger partial charge in [0.15, 0.2) is 0 Å². The maximum absolute atomic E-state index is 9.82. The highest BCUT2D eigenvalue weighted by molar-refractivity contribution is 5.40. The minimum atomic E-state index is -0.328. The summed E-state index contributed by atoms with van der Waals surface area (Å²) in [6, 6.07) is 1.82. The molecule has 2 aromatic rings. The summed E-state index contributed by atoms with van der Waals surface area (Å²) in [5.41, 5.74) is 0. The van der Waals surface area contributed by atoms with E-state index < -0.39 is 0 Å². The van der Waals surface area contributed by atoms with Gasteiger partial charge in [-0.05, 0) is 25.8 Å². The van der Waals surface area contributed by atoms with E-state index in [0.717, 1.165) is 25.9 Å². The second-order valence-corrected chi connectivity index (χ2v) is 4.98. The molecule has 2 N–H and O–H groups in total. The fourth-order valence-electron chi connectivity index (χ4n) is 2.36. The van der Waals surface area contributed by atoms with Gasteiger partial charge in [0.05, 0.1) is 6.10 Å². The van der Waals surface area contributed by atoms with Crippen molar-refractivity contribution in [1.29, 1.82) is 0 Å². The minimum absolute atomic E-state index is 0.328. The van der Waals surface area contributed by atoms with Gasteiger partial charge in [-0.3, -0.25) is 0 Å². The highest BCUT2D eigenvalue weighted by Gasteiger charge is 2.21. The largest absolute Gasteiger partial charge is 0.391 e. The molecule has 1 fully saturated rings. The van der Waals surface area contributed by atoms with Crippen molar-refractivity contribution in [2.75, 3.05) is 29.9 Å². The van der Waals surface area contributed by atoms with Crippen molar-refractivity contribution in [3.63, 3.8) is 0 Å². The Morgan fingerprint density at radius 2 is 2.19 bits per heavy atom. The summed E-state index contributed by atoms with van der Waals surface area (Å²) in [5.74, 6) is 1.57. The highest BCUT2D eigenvalue weighted by atomic mass is 16.3. The van der Waals surface area contributed by atoms with Gasteiger partial charge in [0.25, 0.3) is 5.95 Å². The third-order valence-electron chi connectivity index (χ3n) is 3.34. The fourth-order valence-corrected chi connectivity index (χ4v) is 2.36. The van der Waals surface area contributed by atoms with Gasteiger partial charge in [0.1, 0.15) is 0 Å². The van der Waals surface area contributed by atoms with E-state index in [4.69, 9.17) is 0 Å². The molecule has 0 spiro atoms. The first kappa shape index (κ1) is 13.7. The molecule has 0 aliphatic carbocycles. The molecule has 0 bridgehead atoms. The van der Waals surface area contributed by atoms with E-state index in [1.54, 1.807) is 17.1 Å². The van der Waals surface area contributed by atoms with Crippen LogP contribution in [0.25, 0.3) is 5.95 Å².